The second-order valence-electron chi connectivity index (χ2n) is 8.35. The molecule has 1 N–H and O–H groups in total. The molecule has 0 spiro atoms. The third-order valence-electron chi connectivity index (χ3n) is 6.53. The number of fused-ring (bicyclic) bond motifs is 6. The summed E-state index contributed by atoms with van der Waals surface area (Å²) in [5, 5.41) is 5.08. The van der Waals surface area contributed by atoms with Gasteiger partial charge in [0.15, 0.2) is 0 Å². The van der Waals surface area contributed by atoms with Gasteiger partial charge in [-0.05, 0) is 47.5 Å². The number of rotatable bonds is 2. The van der Waals surface area contributed by atoms with Crippen LogP contribution in [-0.4, -0.2) is 9.55 Å². The normalized spacial score (nSPS) is 11.8. The second-order valence-corrected chi connectivity index (χ2v) is 8.35. The number of aromatic amines is 1. The summed E-state index contributed by atoms with van der Waals surface area (Å²) in [7, 11) is 0. The van der Waals surface area contributed by atoms with Crippen molar-refractivity contribution in [2.24, 2.45) is 0 Å². The van der Waals surface area contributed by atoms with Crippen molar-refractivity contribution in [3.05, 3.63) is 115 Å². The molecule has 0 aliphatic heterocycles. The first kappa shape index (κ1) is 17.4. The zero-order chi connectivity index (χ0) is 21.1. The van der Waals surface area contributed by atoms with E-state index < -0.39 is 0 Å². The summed E-state index contributed by atoms with van der Waals surface area (Å²) in [4.78, 5) is 3.59. The largest absolute Gasteiger partial charge is 0.354 e. The van der Waals surface area contributed by atoms with E-state index in [0.29, 0.717) is 0 Å². The van der Waals surface area contributed by atoms with Crippen LogP contribution in [0.15, 0.2) is 115 Å². The smallest absolute Gasteiger partial charge is 0.0541 e. The van der Waals surface area contributed by atoms with Crippen LogP contribution in [0.25, 0.3) is 60.4 Å². The molecule has 0 radical (unpaired) electrons. The van der Waals surface area contributed by atoms with Crippen LogP contribution in [-0.2, 0) is 0 Å². The van der Waals surface area contributed by atoms with Crippen LogP contribution in [0.5, 0.6) is 0 Å². The summed E-state index contributed by atoms with van der Waals surface area (Å²) >= 11 is 0. The number of H-pyrrole nitrogens is 1. The minimum Gasteiger partial charge on any atom is -0.354 e. The van der Waals surface area contributed by atoms with Crippen molar-refractivity contribution in [1.29, 1.82) is 0 Å². The van der Waals surface area contributed by atoms with Crippen molar-refractivity contribution >= 4 is 43.6 Å². The number of hydrogen-bond donors (Lipinski definition) is 1. The molecular formula is C30H20N2. The van der Waals surface area contributed by atoms with Crippen LogP contribution in [0.3, 0.4) is 0 Å². The van der Waals surface area contributed by atoms with E-state index >= 15 is 0 Å². The first-order chi connectivity index (χ1) is 15.9. The van der Waals surface area contributed by atoms with Crippen molar-refractivity contribution in [3.63, 3.8) is 0 Å². The van der Waals surface area contributed by atoms with E-state index in [2.05, 4.69) is 125 Å². The quantitative estimate of drug-likeness (QED) is 0.298. The van der Waals surface area contributed by atoms with Crippen LogP contribution in [0.4, 0.5) is 0 Å². The lowest BCUT2D eigenvalue weighted by Crippen LogP contribution is -1.93. The maximum Gasteiger partial charge on any atom is 0.0541 e. The van der Waals surface area contributed by atoms with Gasteiger partial charge in [0.1, 0.15) is 0 Å². The standard InChI is InChI=1S/C30H20N2/c1-2-8-20(9-3-1)21-14-17-30-26(18-21)25-11-5-7-13-29(25)32(30)22-15-16-24-23-10-4-6-12-27(23)31-28(24)19-22/h1-19,31H. The Labute approximate surface area is 185 Å². The molecule has 0 fully saturated rings. The Balaban J connectivity index is 1.51. The number of hydrogen-bond acceptors (Lipinski definition) is 0. The fourth-order valence-corrected chi connectivity index (χ4v) is 5.04. The van der Waals surface area contributed by atoms with Crippen LogP contribution in [0, 0.1) is 0 Å². The second kappa shape index (κ2) is 6.60. The van der Waals surface area contributed by atoms with Crippen LogP contribution < -0.4 is 0 Å². The molecular weight excluding hydrogens is 388 g/mol. The Morgan fingerprint density at radius 3 is 2.06 bits per heavy atom. The number of para-hydroxylation sites is 2. The zero-order valence-corrected chi connectivity index (χ0v) is 17.4. The summed E-state index contributed by atoms with van der Waals surface area (Å²) in [5.74, 6) is 0. The van der Waals surface area contributed by atoms with E-state index in [1.54, 1.807) is 0 Å². The molecule has 5 aromatic carbocycles. The van der Waals surface area contributed by atoms with Gasteiger partial charge in [-0.1, -0.05) is 78.9 Å². The third-order valence-corrected chi connectivity index (χ3v) is 6.53. The minimum absolute atomic E-state index is 1.16. The maximum absolute atomic E-state index is 3.59. The summed E-state index contributed by atoms with van der Waals surface area (Å²) < 4.78 is 2.38. The van der Waals surface area contributed by atoms with Crippen molar-refractivity contribution in [3.8, 4) is 16.8 Å². The van der Waals surface area contributed by atoms with E-state index in [-0.39, 0.29) is 0 Å². The van der Waals surface area contributed by atoms with Gasteiger partial charge in [0.25, 0.3) is 0 Å². The number of aromatic nitrogens is 2. The Bertz CT molecular complexity index is 1770. The average Bonchev–Trinajstić information content (AvgIpc) is 3.39. The summed E-state index contributed by atoms with van der Waals surface area (Å²) in [5.41, 5.74) is 8.44. The number of benzene rings is 5. The van der Waals surface area contributed by atoms with Crippen LogP contribution in [0.2, 0.25) is 0 Å². The van der Waals surface area contributed by atoms with Gasteiger partial charge in [0.05, 0.1) is 11.0 Å². The Hall–Kier alpha value is -4.30. The van der Waals surface area contributed by atoms with E-state index in [4.69, 9.17) is 0 Å². The highest BCUT2D eigenvalue weighted by atomic mass is 15.0. The molecule has 0 saturated carbocycles. The number of nitrogens with zero attached hydrogens (tertiary/aromatic N) is 1. The highest BCUT2D eigenvalue weighted by molar-refractivity contribution is 6.11. The van der Waals surface area contributed by atoms with E-state index in [9.17, 15) is 0 Å². The van der Waals surface area contributed by atoms with Crippen LogP contribution in [0.1, 0.15) is 0 Å². The van der Waals surface area contributed by atoms with Gasteiger partial charge in [-0.2, -0.15) is 0 Å². The topological polar surface area (TPSA) is 20.7 Å². The summed E-state index contributed by atoms with van der Waals surface area (Å²) in [6, 6.07) is 41.3. The molecule has 0 atom stereocenters. The molecule has 0 aliphatic carbocycles. The fourth-order valence-electron chi connectivity index (χ4n) is 5.04. The van der Waals surface area contributed by atoms with Gasteiger partial charge in [-0.25, -0.2) is 0 Å². The zero-order valence-electron chi connectivity index (χ0n) is 17.4. The molecule has 0 bridgehead atoms. The third kappa shape index (κ3) is 2.47. The monoisotopic (exact) mass is 408 g/mol. The SMILES string of the molecule is c1ccc(-c2ccc3c(c2)c2ccccc2n3-c2ccc3c(c2)[nH]c2ccccc23)cc1. The lowest BCUT2D eigenvalue weighted by molar-refractivity contribution is 1.18. The highest BCUT2D eigenvalue weighted by Gasteiger charge is 2.14. The van der Waals surface area contributed by atoms with E-state index in [1.807, 2.05) is 0 Å². The van der Waals surface area contributed by atoms with Crippen molar-refractivity contribution < 1.29 is 0 Å². The van der Waals surface area contributed by atoms with Crippen molar-refractivity contribution in [2.75, 3.05) is 0 Å². The molecule has 150 valence electrons. The lowest BCUT2D eigenvalue weighted by Gasteiger charge is -2.09. The molecule has 7 rings (SSSR count). The molecule has 0 unspecified atom stereocenters. The lowest BCUT2D eigenvalue weighted by atomic mass is 10.0. The molecule has 0 aliphatic rings. The predicted molar refractivity (Wildman–Crippen MR) is 136 cm³/mol. The maximum atomic E-state index is 3.59. The molecule has 0 amide bonds. The minimum atomic E-state index is 1.16. The van der Waals surface area contributed by atoms with Gasteiger partial charge >= 0.3 is 0 Å². The van der Waals surface area contributed by atoms with E-state index in [0.717, 1.165) is 5.52 Å². The fraction of sp³-hybridized carbons (Fsp3) is 0. The number of nitrogens with one attached hydrogen (secondary N) is 1. The molecule has 0 saturated heterocycles. The van der Waals surface area contributed by atoms with Crippen molar-refractivity contribution in [2.45, 2.75) is 0 Å². The Kier molecular flexibility index (Phi) is 3.58. The highest BCUT2D eigenvalue weighted by Crippen LogP contribution is 2.36. The average molecular weight is 409 g/mol. The Morgan fingerprint density at radius 1 is 0.438 bits per heavy atom. The molecule has 7 aromatic rings. The Morgan fingerprint density at radius 2 is 1.16 bits per heavy atom. The van der Waals surface area contributed by atoms with Gasteiger partial charge in [0, 0.05) is 38.3 Å². The molecule has 2 aromatic heterocycles. The summed E-state index contributed by atoms with van der Waals surface area (Å²) in [6.07, 6.45) is 0. The van der Waals surface area contributed by atoms with Crippen LogP contribution >= 0.6 is 0 Å². The molecule has 2 heterocycles. The van der Waals surface area contributed by atoms with Crippen molar-refractivity contribution in [1.82, 2.24) is 9.55 Å². The molecule has 2 heteroatoms. The molecule has 2 nitrogen and oxygen atoms in total. The van der Waals surface area contributed by atoms with Gasteiger partial charge in [-0.15, -0.1) is 0 Å². The first-order valence-corrected chi connectivity index (χ1v) is 11.0. The van der Waals surface area contributed by atoms with Gasteiger partial charge in [0.2, 0.25) is 0 Å². The van der Waals surface area contributed by atoms with E-state index in [1.165, 1.54) is 54.9 Å². The predicted octanol–water partition coefficient (Wildman–Crippen LogP) is 8.09. The summed E-state index contributed by atoms with van der Waals surface area (Å²) in [6.45, 7) is 0. The van der Waals surface area contributed by atoms with Gasteiger partial charge in [-0.3, -0.25) is 0 Å². The molecule has 32 heavy (non-hydrogen) atoms. The van der Waals surface area contributed by atoms with Gasteiger partial charge < -0.3 is 9.55 Å². The first-order valence-electron chi connectivity index (χ1n) is 11.0.